The SMILES string of the molecule is CCOc1cc([C@H]2Nc3ccccc3C(=O)N2C2CC2)ccc1OCC(=O)N(C)C. The van der Waals surface area contributed by atoms with Crippen LogP contribution in [0, 0.1) is 0 Å². The number of carbonyl (C=O) groups excluding carboxylic acids is 2. The number of nitrogens with one attached hydrogen (secondary N) is 1. The van der Waals surface area contributed by atoms with Crippen LogP contribution in [-0.4, -0.2) is 55.0 Å². The van der Waals surface area contributed by atoms with E-state index >= 15 is 0 Å². The second kappa shape index (κ2) is 8.26. The van der Waals surface area contributed by atoms with Gasteiger partial charge in [-0.25, -0.2) is 0 Å². The zero-order valence-electron chi connectivity index (χ0n) is 17.6. The van der Waals surface area contributed by atoms with Crippen LogP contribution in [0.1, 0.15) is 41.9 Å². The molecule has 1 N–H and O–H groups in total. The first-order chi connectivity index (χ1) is 14.5. The fourth-order valence-corrected chi connectivity index (χ4v) is 3.59. The highest BCUT2D eigenvalue weighted by atomic mass is 16.5. The molecule has 2 aromatic rings. The van der Waals surface area contributed by atoms with Crippen LogP contribution in [0.25, 0.3) is 0 Å². The van der Waals surface area contributed by atoms with E-state index in [-0.39, 0.29) is 30.6 Å². The van der Waals surface area contributed by atoms with Crippen molar-refractivity contribution in [3.8, 4) is 11.5 Å². The second-order valence-corrected chi connectivity index (χ2v) is 7.75. The fraction of sp³-hybridized carbons (Fsp3) is 0.391. The van der Waals surface area contributed by atoms with E-state index in [1.165, 1.54) is 4.90 Å². The van der Waals surface area contributed by atoms with Crippen molar-refractivity contribution in [2.75, 3.05) is 32.6 Å². The predicted octanol–water partition coefficient (Wildman–Crippen LogP) is 3.28. The zero-order chi connectivity index (χ0) is 21.3. The summed E-state index contributed by atoms with van der Waals surface area (Å²) in [5.41, 5.74) is 2.45. The number of nitrogens with zero attached hydrogens (tertiary/aromatic N) is 2. The van der Waals surface area contributed by atoms with E-state index in [2.05, 4.69) is 5.32 Å². The lowest BCUT2D eigenvalue weighted by Gasteiger charge is -2.38. The van der Waals surface area contributed by atoms with Crippen LogP contribution in [0.4, 0.5) is 5.69 Å². The summed E-state index contributed by atoms with van der Waals surface area (Å²) in [5, 5.41) is 3.52. The van der Waals surface area contributed by atoms with E-state index in [0.29, 0.717) is 23.7 Å². The maximum absolute atomic E-state index is 13.2. The number of rotatable bonds is 7. The van der Waals surface area contributed by atoms with E-state index in [1.54, 1.807) is 20.2 Å². The van der Waals surface area contributed by atoms with E-state index in [9.17, 15) is 9.59 Å². The summed E-state index contributed by atoms with van der Waals surface area (Å²) in [6.45, 7) is 2.30. The predicted molar refractivity (Wildman–Crippen MR) is 114 cm³/mol. The number of likely N-dealkylation sites (N-methyl/N-ethyl adjacent to an activating group) is 1. The summed E-state index contributed by atoms with van der Waals surface area (Å²) in [4.78, 5) is 28.5. The molecule has 4 rings (SSSR count). The molecule has 2 aliphatic rings. The molecule has 2 amide bonds. The summed E-state index contributed by atoms with van der Waals surface area (Å²) in [5.74, 6) is 0.992. The third-order valence-corrected chi connectivity index (χ3v) is 5.34. The molecule has 1 aliphatic heterocycles. The molecule has 2 aromatic carbocycles. The number of ether oxygens (including phenoxy) is 2. The van der Waals surface area contributed by atoms with Crippen LogP contribution in [0.3, 0.4) is 0 Å². The molecule has 1 heterocycles. The Labute approximate surface area is 176 Å². The van der Waals surface area contributed by atoms with Crippen molar-refractivity contribution in [2.45, 2.75) is 32.0 Å². The number of hydrogen-bond acceptors (Lipinski definition) is 5. The lowest BCUT2D eigenvalue weighted by molar-refractivity contribution is -0.130. The molecule has 0 spiro atoms. The van der Waals surface area contributed by atoms with Gasteiger partial charge in [0.15, 0.2) is 18.1 Å². The molecule has 1 atom stereocenters. The first-order valence-corrected chi connectivity index (χ1v) is 10.3. The number of fused-ring (bicyclic) bond motifs is 1. The van der Waals surface area contributed by atoms with Gasteiger partial charge in [-0.3, -0.25) is 9.59 Å². The van der Waals surface area contributed by atoms with Gasteiger partial charge < -0.3 is 24.6 Å². The summed E-state index contributed by atoms with van der Waals surface area (Å²) in [6.07, 6.45) is 1.74. The van der Waals surface area contributed by atoms with Gasteiger partial charge in [0, 0.05) is 25.8 Å². The third kappa shape index (κ3) is 3.92. The van der Waals surface area contributed by atoms with Crippen LogP contribution in [0.5, 0.6) is 11.5 Å². The zero-order valence-corrected chi connectivity index (χ0v) is 17.6. The van der Waals surface area contributed by atoms with Gasteiger partial charge in [0.05, 0.1) is 12.2 Å². The number of anilines is 1. The quantitative estimate of drug-likeness (QED) is 0.760. The Balaban J connectivity index is 1.64. The van der Waals surface area contributed by atoms with Gasteiger partial charge in [-0.2, -0.15) is 0 Å². The maximum Gasteiger partial charge on any atom is 0.259 e. The third-order valence-electron chi connectivity index (χ3n) is 5.34. The Hall–Kier alpha value is -3.22. The average molecular weight is 409 g/mol. The van der Waals surface area contributed by atoms with Gasteiger partial charge in [0.1, 0.15) is 6.17 Å². The minimum absolute atomic E-state index is 0.0479. The summed E-state index contributed by atoms with van der Waals surface area (Å²) >= 11 is 0. The molecule has 7 heteroatoms. The van der Waals surface area contributed by atoms with Crippen molar-refractivity contribution in [2.24, 2.45) is 0 Å². The van der Waals surface area contributed by atoms with Crippen LogP contribution < -0.4 is 14.8 Å². The van der Waals surface area contributed by atoms with Gasteiger partial charge in [-0.15, -0.1) is 0 Å². The van der Waals surface area contributed by atoms with Gasteiger partial charge in [0.25, 0.3) is 11.8 Å². The van der Waals surface area contributed by atoms with Gasteiger partial charge in [-0.05, 0) is 49.6 Å². The maximum atomic E-state index is 13.2. The first kappa shape index (κ1) is 20.1. The lowest BCUT2D eigenvalue weighted by Crippen LogP contribution is -2.44. The van der Waals surface area contributed by atoms with E-state index in [1.807, 2.05) is 48.2 Å². The Morgan fingerprint density at radius 3 is 2.60 bits per heavy atom. The molecule has 30 heavy (non-hydrogen) atoms. The highest BCUT2D eigenvalue weighted by Gasteiger charge is 2.42. The highest BCUT2D eigenvalue weighted by Crippen LogP contribution is 2.42. The van der Waals surface area contributed by atoms with Crippen LogP contribution in [0.2, 0.25) is 0 Å². The molecule has 0 radical (unpaired) electrons. The summed E-state index contributed by atoms with van der Waals surface area (Å²) in [7, 11) is 3.38. The number of amides is 2. The average Bonchev–Trinajstić information content (AvgIpc) is 3.57. The minimum atomic E-state index is -0.281. The smallest absolute Gasteiger partial charge is 0.259 e. The molecule has 1 saturated carbocycles. The van der Waals surface area contributed by atoms with Crippen molar-refractivity contribution in [1.82, 2.24) is 9.80 Å². The normalized spacial score (nSPS) is 17.8. The standard InChI is InChI=1S/C23H27N3O4/c1-4-29-20-13-15(9-12-19(20)30-14-21(27)25(2)3)22-24-18-8-6-5-7-17(18)23(28)26(22)16-10-11-16/h5-9,12-13,16,22,24H,4,10-11,14H2,1-3H3/t22-/m0/s1. The fourth-order valence-electron chi connectivity index (χ4n) is 3.59. The lowest BCUT2D eigenvalue weighted by atomic mass is 10.0. The topological polar surface area (TPSA) is 71.1 Å². The molecule has 7 nitrogen and oxygen atoms in total. The van der Waals surface area contributed by atoms with E-state index in [4.69, 9.17) is 9.47 Å². The van der Waals surface area contributed by atoms with Crippen molar-refractivity contribution >= 4 is 17.5 Å². The number of benzene rings is 2. The largest absolute Gasteiger partial charge is 0.490 e. The Kier molecular flexibility index (Phi) is 5.53. The van der Waals surface area contributed by atoms with Crippen molar-refractivity contribution in [3.63, 3.8) is 0 Å². The van der Waals surface area contributed by atoms with Gasteiger partial charge >= 0.3 is 0 Å². The number of para-hydroxylation sites is 1. The molecule has 1 aliphatic carbocycles. The van der Waals surface area contributed by atoms with E-state index < -0.39 is 0 Å². The molecule has 0 unspecified atom stereocenters. The molecule has 0 bridgehead atoms. The number of carbonyl (C=O) groups is 2. The monoisotopic (exact) mass is 409 g/mol. The van der Waals surface area contributed by atoms with Crippen LogP contribution in [-0.2, 0) is 4.79 Å². The Morgan fingerprint density at radius 1 is 1.13 bits per heavy atom. The Morgan fingerprint density at radius 2 is 1.90 bits per heavy atom. The molecule has 158 valence electrons. The number of hydrogen-bond donors (Lipinski definition) is 1. The molecule has 1 fully saturated rings. The van der Waals surface area contributed by atoms with Crippen molar-refractivity contribution in [3.05, 3.63) is 53.6 Å². The van der Waals surface area contributed by atoms with Crippen LogP contribution >= 0.6 is 0 Å². The molecule has 0 saturated heterocycles. The Bertz CT molecular complexity index is 955. The summed E-state index contributed by atoms with van der Waals surface area (Å²) in [6, 6.07) is 13.5. The van der Waals surface area contributed by atoms with Crippen LogP contribution in [0.15, 0.2) is 42.5 Å². The summed E-state index contributed by atoms with van der Waals surface area (Å²) < 4.78 is 11.5. The molecule has 0 aromatic heterocycles. The highest BCUT2D eigenvalue weighted by molar-refractivity contribution is 6.02. The van der Waals surface area contributed by atoms with E-state index in [0.717, 1.165) is 24.1 Å². The molecular weight excluding hydrogens is 382 g/mol. The van der Waals surface area contributed by atoms with Gasteiger partial charge in [0.2, 0.25) is 0 Å². The van der Waals surface area contributed by atoms with Gasteiger partial charge in [-0.1, -0.05) is 18.2 Å². The van der Waals surface area contributed by atoms with Crippen molar-refractivity contribution in [1.29, 1.82) is 0 Å². The van der Waals surface area contributed by atoms with Crippen molar-refractivity contribution < 1.29 is 19.1 Å². The first-order valence-electron chi connectivity index (χ1n) is 10.3. The second-order valence-electron chi connectivity index (χ2n) is 7.75. The molecular formula is C23H27N3O4. The minimum Gasteiger partial charge on any atom is -0.490 e.